The number of carbonyl (C=O) groups excluding carboxylic acids is 1. The molecule has 2 nitrogen and oxygen atoms in total. The number of nitrogens with zero attached hydrogens (tertiary/aromatic N) is 1. The summed E-state index contributed by atoms with van der Waals surface area (Å²) in [6.07, 6.45) is 3.86. The SMILES string of the molecule is CN1CCCC1=CC(=O)c1ccc(Cl)cc1. The van der Waals surface area contributed by atoms with Gasteiger partial charge in [-0.25, -0.2) is 0 Å². The molecule has 1 saturated heterocycles. The summed E-state index contributed by atoms with van der Waals surface area (Å²) in [6, 6.07) is 7.00. The van der Waals surface area contributed by atoms with Crippen LogP contribution in [0.4, 0.5) is 0 Å². The van der Waals surface area contributed by atoms with Crippen molar-refractivity contribution < 1.29 is 4.79 Å². The van der Waals surface area contributed by atoms with Crippen LogP contribution in [-0.4, -0.2) is 24.3 Å². The maximum Gasteiger partial charge on any atom is 0.187 e. The van der Waals surface area contributed by atoms with Gasteiger partial charge < -0.3 is 4.90 Å². The van der Waals surface area contributed by atoms with Crippen molar-refractivity contribution in [1.82, 2.24) is 4.90 Å². The summed E-state index contributed by atoms with van der Waals surface area (Å²) in [5.74, 6) is 0.0559. The van der Waals surface area contributed by atoms with Gasteiger partial charge in [-0.3, -0.25) is 4.79 Å². The minimum atomic E-state index is 0.0559. The molecule has 0 saturated carbocycles. The Balaban J connectivity index is 2.16. The Hall–Kier alpha value is -1.28. The summed E-state index contributed by atoms with van der Waals surface area (Å²) >= 11 is 5.77. The fourth-order valence-electron chi connectivity index (χ4n) is 1.86. The highest BCUT2D eigenvalue weighted by Gasteiger charge is 2.14. The van der Waals surface area contributed by atoms with Crippen molar-refractivity contribution in [2.45, 2.75) is 12.8 Å². The monoisotopic (exact) mass is 235 g/mol. The Kier molecular flexibility index (Phi) is 3.30. The smallest absolute Gasteiger partial charge is 0.187 e. The van der Waals surface area contributed by atoms with Gasteiger partial charge in [0.1, 0.15) is 0 Å². The molecular weight excluding hydrogens is 222 g/mol. The Labute approximate surface area is 101 Å². The lowest BCUT2D eigenvalue weighted by atomic mass is 10.1. The van der Waals surface area contributed by atoms with Gasteiger partial charge in [0.15, 0.2) is 5.78 Å². The predicted molar refractivity (Wildman–Crippen MR) is 65.7 cm³/mol. The van der Waals surface area contributed by atoms with E-state index in [0.29, 0.717) is 10.6 Å². The molecule has 0 N–H and O–H groups in total. The molecule has 1 heterocycles. The van der Waals surface area contributed by atoms with Crippen LogP contribution in [0.1, 0.15) is 23.2 Å². The van der Waals surface area contributed by atoms with Crippen molar-refractivity contribution in [1.29, 1.82) is 0 Å². The van der Waals surface area contributed by atoms with Crippen molar-refractivity contribution >= 4 is 17.4 Å². The third kappa shape index (κ3) is 2.45. The first kappa shape index (κ1) is 11.2. The lowest BCUT2D eigenvalue weighted by Gasteiger charge is -2.11. The number of halogens is 1. The molecule has 2 rings (SSSR count). The molecule has 16 heavy (non-hydrogen) atoms. The van der Waals surface area contributed by atoms with E-state index in [1.807, 2.05) is 7.05 Å². The maximum atomic E-state index is 11.9. The highest BCUT2D eigenvalue weighted by molar-refractivity contribution is 6.30. The number of benzene rings is 1. The Morgan fingerprint density at radius 3 is 2.62 bits per heavy atom. The molecule has 1 aromatic rings. The molecule has 0 spiro atoms. The normalized spacial score (nSPS) is 18.1. The fraction of sp³-hybridized carbons (Fsp3) is 0.308. The van der Waals surface area contributed by atoms with Gasteiger partial charge in [0, 0.05) is 36.0 Å². The molecule has 0 bridgehead atoms. The van der Waals surface area contributed by atoms with Crippen molar-refractivity contribution in [3.63, 3.8) is 0 Å². The summed E-state index contributed by atoms with van der Waals surface area (Å²) in [7, 11) is 2.02. The average Bonchev–Trinajstić information content (AvgIpc) is 2.65. The van der Waals surface area contributed by atoms with E-state index in [4.69, 9.17) is 11.6 Å². The minimum Gasteiger partial charge on any atom is -0.378 e. The third-order valence-corrected chi connectivity index (χ3v) is 3.10. The molecule has 3 heteroatoms. The zero-order valence-corrected chi connectivity index (χ0v) is 10.00. The zero-order valence-electron chi connectivity index (χ0n) is 9.24. The standard InChI is InChI=1S/C13H14ClNO/c1-15-8-2-3-12(15)9-13(16)10-4-6-11(14)7-5-10/h4-7,9H,2-3,8H2,1H3. The quantitative estimate of drug-likeness (QED) is 0.580. The van der Waals surface area contributed by atoms with E-state index in [1.54, 1.807) is 30.3 Å². The minimum absolute atomic E-state index is 0.0559. The lowest BCUT2D eigenvalue weighted by molar-refractivity contribution is 0.104. The first-order chi connectivity index (χ1) is 7.66. The predicted octanol–water partition coefficient (Wildman–Crippen LogP) is 3.13. The number of ketones is 1. The third-order valence-electron chi connectivity index (χ3n) is 2.84. The van der Waals surface area contributed by atoms with Gasteiger partial charge in [0.2, 0.25) is 0 Å². The van der Waals surface area contributed by atoms with Crippen molar-refractivity contribution in [3.05, 3.63) is 46.6 Å². The number of hydrogen-bond donors (Lipinski definition) is 0. The number of hydrogen-bond acceptors (Lipinski definition) is 2. The van der Waals surface area contributed by atoms with Crippen LogP contribution in [-0.2, 0) is 0 Å². The van der Waals surface area contributed by atoms with Gasteiger partial charge in [-0.05, 0) is 37.1 Å². The van der Waals surface area contributed by atoms with Crippen LogP contribution in [0.15, 0.2) is 36.0 Å². The second-order valence-electron chi connectivity index (χ2n) is 4.03. The number of carbonyl (C=O) groups is 1. The van der Waals surface area contributed by atoms with Crippen LogP contribution in [0.3, 0.4) is 0 Å². The molecule has 0 amide bonds. The molecule has 1 aliphatic rings. The van der Waals surface area contributed by atoms with Crippen LogP contribution in [0.25, 0.3) is 0 Å². The van der Waals surface area contributed by atoms with Gasteiger partial charge in [0.25, 0.3) is 0 Å². The molecule has 1 fully saturated rings. The van der Waals surface area contributed by atoms with E-state index in [2.05, 4.69) is 4.90 Å². The highest BCUT2D eigenvalue weighted by atomic mass is 35.5. The van der Waals surface area contributed by atoms with Gasteiger partial charge >= 0.3 is 0 Å². The Bertz CT molecular complexity index is 422. The lowest BCUT2D eigenvalue weighted by Crippen LogP contribution is -2.11. The van der Waals surface area contributed by atoms with E-state index in [0.717, 1.165) is 25.1 Å². The molecule has 1 aliphatic heterocycles. The van der Waals surface area contributed by atoms with Crippen LogP contribution in [0.5, 0.6) is 0 Å². The summed E-state index contributed by atoms with van der Waals surface area (Å²) in [5.41, 5.74) is 1.82. The summed E-state index contributed by atoms with van der Waals surface area (Å²) in [4.78, 5) is 14.0. The van der Waals surface area contributed by atoms with Crippen molar-refractivity contribution in [3.8, 4) is 0 Å². The van der Waals surface area contributed by atoms with E-state index < -0.39 is 0 Å². The van der Waals surface area contributed by atoms with Crippen LogP contribution < -0.4 is 0 Å². The molecule has 0 unspecified atom stereocenters. The summed E-state index contributed by atoms with van der Waals surface area (Å²) in [5, 5.41) is 0.655. The maximum absolute atomic E-state index is 11.9. The molecule has 0 aliphatic carbocycles. The number of allylic oxidation sites excluding steroid dienone is 2. The molecule has 0 atom stereocenters. The first-order valence-electron chi connectivity index (χ1n) is 5.38. The Morgan fingerprint density at radius 2 is 2.06 bits per heavy atom. The number of rotatable bonds is 2. The number of likely N-dealkylation sites (tertiary alicyclic amines) is 1. The molecule has 1 aromatic carbocycles. The molecular formula is C13H14ClNO. The zero-order chi connectivity index (χ0) is 11.5. The van der Waals surface area contributed by atoms with Gasteiger partial charge in [-0.1, -0.05) is 11.6 Å². The average molecular weight is 236 g/mol. The largest absolute Gasteiger partial charge is 0.378 e. The highest BCUT2D eigenvalue weighted by Crippen LogP contribution is 2.19. The summed E-state index contributed by atoms with van der Waals surface area (Å²) in [6.45, 7) is 1.04. The van der Waals surface area contributed by atoms with Gasteiger partial charge in [-0.15, -0.1) is 0 Å². The van der Waals surface area contributed by atoms with E-state index in [1.165, 1.54) is 0 Å². The molecule has 84 valence electrons. The molecule has 0 aromatic heterocycles. The van der Waals surface area contributed by atoms with Crippen molar-refractivity contribution in [2.75, 3.05) is 13.6 Å². The van der Waals surface area contributed by atoms with E-state index in [9.17, 15) is 4.79 Å². The Morgan fingerprint density at radius 1 is 1.38 bits per heavy atom. The summed E-state index contributed by atoms with van der Waals surface area (Å²) < 4.78 is 0. The molecule has 0 radical (unpaired) electrons. The van der Waals surface area contributed by atoms with Crippen LogP contribution in [0.2, 0.25) is 5.02 Å². The van der Waals surface area contributed by atoms with Gasteiger partial charge in [-0.2, -0.15) is 0 Å². The van der Waals surface area contributed by atoms with Crippen LogP contribution >= 0.6 is 11.6 Å². The van der Waals surface area contributed by atoms with E-state index >= 15 is 0 Å². The van der Waals surface area contributed by atoms with Crippen molar-refractivity contribution in [2.24, 2.45) is 0 Å². The second-order valence-corrected chi connectivity index (χ2v) is 4.47. The first-order valence-corrected chi connectivity index (χ1v) is 5.76. The second kappa shape index (κ2) is 4.71. The van der Waals surface area contributed by atoms with Gasteiger partial charge in [0.05, 0.1) is 0 Å². The van der Waals surface area contributed by atoms with E-state index in [-0.39, 0.29) is 5.78 Å². The topological polar surface area (TPSA) is 20.3 Å². The van der Waals surface area contributed by atoms with Crippen LogP contribution in [0, 0.1) is 0 Å². The fourth-order valence-corrected chi connectivity index (χ4v) is 1.99.